The number of carbonyl (C=O) groups is 1. The van der Waals surface area contributed by atoms with Crippen LogP contribution in [0.5, 0.6) is 0 Å². The van der Waals surface area contributed by atoms with E-state index in [0.717, 1.165) is 18.4 Å². The number of carbonyl (C=O) groups excluding carboxylic acids is 1. The summed E-state index contributed by atoms with van der Waals surface area (Å²) in [6.45, 7) is 13.4. The number of aliphatic hydroxyl groups is 11. The van der Waals surface area contributed by atoms with Crippen LogP contribution in [0.2, 0.25) is 0 Å². The summed E-state index contributed by atoms with van der Waals surface area (Å²) in [6, 6.07) is 0. The number of hydrogen-bond donors (Lipinski definition) is 11. The predicted octanol–water partition coefficient (Wildman–Crippen LogP) is -4.73. The smallest absolute Gasteiger partial charge is 0.726 e. The van der Waals surface area contributed by atoms with Gasteiger partial charge in [-0.05, 0) is 99.2 Å². The Morgan fingerprint density at radius 3 is 1.90 bits per heavy atom. The third-order valence-electron chi connectivity index (χ3n) is 20.8. The predicted molar refractivity (Wildman–Crippen MR) is 272 cm³/mol. The number of esters is 1. The van der Waals surface area contributed by atoms with E-state index < -0.39 is 198 Å². The summed E-state index contributed by atoms with van der Waals surface area (Å²) in [5.41, 5.74) is -5.47. The molecule has 0 aromatic carbocycles. The van der Waals surface area contributed by atoms with Crippen LogP contribution in [-0.4, -0.2) is 242 Å². The number of hydrogen-bond acceptors (Lipinski definition) is 26. The Hall–Kier alpha value is -0.720. The molecular weight excluding hydrogens is 1120 g/mol. The number of ether oxygens (including phenoxy) is 10. The Bertz CT molecular complexity index is 2390. The van der Waals surface area contributed by atoms with E-state index in [1.807, 2.05) is 33.8 Å². The molecule has 0 amide bonds. The van der Waals surface area contributed by atoms with Crippen LogP contribution in [-0.2, 0) is 66.7 Å². The molecule has 11 N–H and O–H groups in total. The van der Waals surface area contributed by atoms with Gasteiger partial charge in [0.05, 0.1) is 38.1 Å². The number of allylic oxidation sites excluding steroid dienone is 1. The van der Waals surface area contributed by atoms with Crippen LogP contribution in [0.3, 0.4) is 0 Å². The van der Waals surface area contributed by atoms with Gasteiger partial charge in [-0.2, -0.15) is 0 Å². The van der Waals surface area contributed by atoms with Crippen molar-refractivity contribution in [2.24, 2.45) is 39.4 Å². The topological polar surface area (TPSA) is 398 Å². The summed E-state index contributed by atoms with van der Waals surface area (Å²) < 4.78 is 99.7. The van der Waals surface area contributed by atoms with E-state index in [1.165, 1.54) is 14.0 Å². The molecule has 466 valence electrons. The zero-order valence-corrected chi connectivity index (χ0v) is 51.2. The molecule has 4 aliphatic carbocycles. The molecule has 28 atom stereocenters. The van der Waals surface area contributed by atoms with Crippen molar-refractivity contribution in [1.82, 2.24) is 0 Å². The van der Waals surface area contributed by atoms with Crippen molar-refractivity contribution in [1.29, 1.82) is 0 Å². The second kappa shape index (κ2) is 24.6. The second-order valence-corrected chi connectivity index (χ2v) is 27.0. The van der Waals surface area contributed by atoms with Crippen LogP contribution in [0.4, 0.5) is 0 Å². The number of aliphatic hydroxyl groups excluding tert-OH is 10. The molecule has 0 aromatic rings. The molecule has 9 aliphatic rings. The van der Waals surface area contributed by atoms with Crippen molar-refractivity contribution in [2.45, 2.75) is 253 Å². The molecule has 5 heterocycles. The van der Waals surface area contributed by atoms with Crippen LogP contribution in [0, 0.1) is 39.4 Å². The molecule has 5 aliphatic heterocycles. The average Bonchev–Trinajstić information content (AvgIpc) is 1.59. The van der Waals surface area contributed by atoms with Gasteiger partial charge in [0.1, 0.15) is 102 Å². The minimum absolute atomic E-state index is 0. The van der Waals surface area contributed by atoms with Crippen LogP contribution in [0.15, 0.2) is 11.6 Å². The fourth-order valence-electron chi connectivity index (χ4n) is 16.4. The van der Waals surface area contributed by atoms with Crippen LogP contribution in [0.1, 0.15) is 113 Å². The fraction of sp³-hybridized carbons (Fsp3) is 0.944. The van der Waals surface area contributed by atoms with E-state index in [1.54, 1.807) is 0 Å². The number of fused-ring (bicyclic) bond motifs is 4. The zero-order chi connectivity index (χ0) is 59.5. The SMILES string of the molecule is CO[C@H]1[C@H](O)[C@@H](O[C@H]2[C@H](O)[C@@H](O[C@@H]3[C@@H](O)[C@H](O)[C@@H](O[C@H]4[C@H](O[C@H]5CC[C@]6(C)C7=C[C@H](O)C89C(=O)O[C@@](C)(CCCC(C)C)[C@@]8(O)CC[C@@]9(C)C7CCC6C5(C)C)OC[C@@H](OS(=O)(=O)[O-])[C@@H]4O)O[C@H]3C)O[C@@H](CO)[C@@H]2O)O[C@@H](CO)[C@@H]1O.[Na+]. The summed E-state index contributed by atoms with van der Waals surface area (Å²) in [7, 11) is -4.26. The largest absolute Gasteiger partial charge is 1.00 e. The van der Waals surface area contributed by atoms with Gasteiger partial charge in [-0.3, -0.25) is 8.98 Å². The molecule has 5 saturated heterocycles. The molecule has 1 spiro atoms. The minimum atomic E-state index is -5.44. The van der Waals surface area contributed by atoms with Gasteiger partial charge in [-0.25, -0.2) is 8.42 Å². The second-order valence-electron chi connectivity index (χ2n) is 26.0. The quantitative estimate of drug-likeness (QED) is 0.0163. The first kappa shape index (κ1) is 67.2. The Morgan fingerprint density at radius 2 is 1.30 bits per heavy atom. The molecule has 3 saturated carbocycles. The molecule has 0 aromatic heterocycles. The van der Waals surface area contributed by atoms with Crippen molar-refractivity contribution >= 4 is 16.4 Å². The number of cyclic esters (lactones) is 1. The van der Waals surface area contributed by atoms with Gasteiger partial charge in [0.25, 0.3) is 0 Å². The van der Waals surface area contributed by atoms with Crippen LogP contribution < -0.4 is 29.6 Å². The summed E-state index contributed by atoms with van der Waals surface area (Å²) in [4.78, 5) is 14.5. The van der Waals surface area contributed by atoms with E-state index in [9.17, 15) is 73.9 Å². The monoisotopic (exact) mass is 1210 g/mol. The maximum absolute atomic E-state index is 14.5. The third-order valence-corrected chi connectivity index (χ3v) is 21.3. The van der Waals surface area contributed by atoms with E-state index in [0.29, 0.717) is 44.4 Å². The van der Waals surface area contributed by atoms with Gasteiger partial charge in [0.2, 0.25) is 10.4 Å². The summed E-state index contributed by atoms with van der Waals surface area (Å²) in [5, 5.41) is 124. The molecule has 3 unspecified atom stereocenters. The molecule has 0 bridgehead atoms. The number of rotatable bonds is 17. The van der Waals surface area contributed by atoms with E-state index in [2.05, 4.69) is 25.0 Å². The third kappa shape index (κ3) is 11.0. The Balaban J connectivity index is 0.00000880. The molecular formula is C54H87NaO26S. The minimum Gasteiger partial charge on any atom is -0.726 e. The standard InChI is InChI=1S/C54H88O26S.Na/c1-23(2)11-10-15-52(8)53(66)18-17-51(7)25-12-13-30-49(4,5)32(14-16-50(30,6)26(25)19-31(57)54(51,53)48(65)79-52)75-47-43(35(60)29(22-71-47)80-81(67,68)69)78-44-37(62)36(61)40(24(3)72-44)76-46-39(64)42(34(59)28(21-56)74-46)77-45-38(63)41(70-9)33(58)27(20-55)73-45;/h19,23-25,27-47,55-64,66H,10-18,20-22H2,1-9H3,(H,67,68,69);/q;+1/p-1/t24-,25?,27-,28-,29+,30?,31-,32-,33-,34-,35-,36-,37-,38-,39-,40-,41+,42+,43+,44+,45+,46+,47-,50+,51-,52-,53-,54?;/m0./s1. The summed E-state index contributed by atoms with van der Waals surface area (Å²) >= 11 is 0. The van der Waals surface area contributed by atoms with E-state index in [-0.39, 0.29) is 47.8 Å². The normalized spacial score (nSPS) is 51.0. The Kier molecular flexibility index (Phi) is 20.1. The molecule has 0 radical (unpaired) electrons. The molecule has 28 heteroatoms. The van der Waals surface area contributed by atoms with Gasteiger partial charge < -0.3 is 108 Å². The molecule has 82 heavy (non-hydrogen) atoms. The summed E-state index contributed by atoms with van der Waals surface area (Å²) in [5.74, 6) is -0.449. The van der Waals surface area contributed by atoms with Crippen molar-refractivity contribution in [3.8, 4) is 0 Å². The first-order valence-electron chi connectivity index (χ1n) is 28.5. The van der Waals surface area contributed by atoms with Crippen LogP contribution >= 0.6 is 0 Å². The fourth-order valence-corrected chi connectivity index (χ4v) is 16.9. The average molecular weight is 1210 g/mol. The maximum Gasteiger partial charge on any atom is 1.00 e. The van der Waals surface area contributed by atoms with Gasteiger partial charge >= 0.3 is 35.5 Å². The van der Waals surface area contributed by atoms with Crippen molar-refractivity contribution in [3.63, 3.8) is 0 Å². The Morgan fingerprint density at radius 1 is 0.720 bits per heavy atom. The number of methoxy groups -OCH3 is 1. The molecule has 26 nitrogen and oxygen atoms in total. The molecule has 8 fully saturated rings. The van der Waals surface area contributed by atoms with Crippen molar-refractivity contribution in [3.05, 3.63) is 11.6 Å². The molecule has 9 rings (SSSR count). The van der Waals surface area contributed by atoms with Crippen molar-refractivity contribution < 1.29 is 155 Å². The van der Waals surface area contributed by atoms with Crippen LogP contribution in [0.25, 0.3) is 0 Å². The maximum atomic E-state index is 14.5. The van der Waals surface area contributed by atoms with Gasteiger partial charge in [0, 0.05) is 7.11 Å². The van der Waals surface area contributed by atoms with E-state index in [4.69, 9.17) is 47.4 Å². The van der Waals surface area contributed by atoms with Gasteiger partial charge in [-0.1, -0.05) is 59.6 Å². The summed E-state index contributed by atoms with van der Waals surface area (Å²) in [6.07, 6.45) is -27.6. The van der Waals surface area contributed by atoms with Gasteiger partial charge in [-0.15, -0.1) is 0 Å². The first-order chi connectivity index (χ1) is 37.8. The zero-order valence-electron chi connectivity index (χ0n) is 48.4. The Labute approximate surface area is 500 Å². The van der Waals surface area contributed by atoms with Crippen molar-refractivity contribution in [2.75, 3.05) is 26.9 Å². The van der Waals surface area contributed by atoms with E-state index >= 15 is 0 Å². The van der Waals surface area contributed by atoms with Gasteiger partial charge in [0.15, 0.2) is 25.2 Å². The first-order valence-corrected chi connectivity index (χ1v) is 29.8.